The molecule has 0 unspecified atom stereocenters. The lowest BCUT2D eigenvalue weighted by Crippen LogP contribution is -2.30. The monoisotopic (exact) mass is 320 g/mol. The van der Waals surface area contributed by atoms with E-state index >= 15 is 0 Å². The number of anilines is 1. The van der Waals surface area contributed by atoms with Gasteiger partial charge in [-0.2, -0.15) is 11.8 Å². The Labute approximate surface area is 128 Å². The molecule has 0 atom stereocenters. The van der Waals surface area contributed by atoms with Crippen molar-refractivity contribution in [3.8, 4) is 0 Å². The van der Waals surface area contributed by atoms with E-state index in [1.54, 1.807) is 6.07 Å². The largest absolute Gasteiger partial charge is 0.362 e. The van der Waals surface area contributed by atoms with Crippen molar-refractivity contribution in [3.05, 3.63) is 29.0 Å². The first-order chi connectivity index (χ1) is 8.78. The first-order valence-electron chi connectivity index (χ1n) is 5.92. The van der Waals surface area contributed by atoms with Crippen LogP contribution < -0.4 is 10.6 Å². The van der Waals surface area contributed by atoms with Gasteiger partial charge in [0.15, 0.2) is 5.11 Å². The van der Waals surface area contributed by atoms with Crippen LogP contribution in [0.2, 0.25) is 5.02 Å². The number of hydrogen-bond donors (Lipinski definition) is 2. The molecule has 6 heteroatoms. The molecule has 0 aliphatic carbocycles. The van der Waals surface area contributed by atoms with Crippen molar-refractivity contribution < 1.29 is 4.39 Å². The van der Waals surface area contributed by atoms with Crippen LogP contribution in [0.25, 0.3) is 0 Å². The van der Waals surface area contributed by atoms with Crippen LogP contribution in [0.4, 0.5) is 10.1 Å². The zero-order valence-corrected chi connectivity index (χ0v) is 13.6. The molecule has 0 aliphatic rings. The fraction of sp³-hybridized carbons (Fsp3) is 0.462. The van der Waals surface area contributed by atoms with Gasteiger partial charge in [-0.25, -0.2) is 4.39 Å². The maximum Gasteiger partial charge on any atom is 0.170 e. The normalized spacial score (nSPS) is 11.2. The Morgan fingerprint density at radius 3 is 2.68 bits per heavy atom. The SMILES string of the molecule is CC(C)(C)SCCNC(=S)Nc1ccc(F)c(Cl)c1. The van der Waals surface area contributed by atoms with E-state index in [1.807, 2.05) is 11.8 Å². The third-order valence-electron chi connectivity index (χ3n) is 2.10. The van der Waals surface area contributed by atoms with Gasteiger partial charge in [-0.15, -0.1) is 0 Å². The van der Waals surface area contributed by atoms with Gasteiger partial charge in [0, 0.05) is 22.7 Å². The topological polar surface area (TPSA) is 24.1 Å². The minimum atomic E-state index is -0.437. The number of halogens is 2. The quantitative estimate of drug-likeness (QED) is 0.638. The molecule has 0 aliphatic heterocycles. The van der Waals surface area contributed by atoms with Crippen molar-refractivity contribution in [1.29, 1.82) is 0 Å². The highest BCUT2D eigenvalue weighted by Gasteiger charge is 2.09. The predicted molar refractivity (Wildman–Crippen MR) is 87.8 cm³/mol. The highest BCUT2D eigenvalue weighted by atomic mass is 35.5. The van der Waals surface area contributed by atoms with Gasteiger partial charge in [0.05, 0.1) is 5.02 Å². The van der Waals surface area contributed by atoms with E-state index in [1.165, 1.54) is 12.1 Å². The molecule has 0 heterocycles. The number of hydrogen-bond acceptors (Lipinski definition) is 2. The fourth-order valence-corrected chi connectivity index (χ4v) is 2.49. The summed E-state index contributed by atoms with van der Waals surface area (Å²) in [6.45, 7) is 7.31. The van der Waals surface area contributed by atoms with Gasteiger partial charge in [0.1, 0.15) is 5.82 Å². The first-order valence-corrected chi connectivity index (χ1v) is 7.69. The average molecular weight is 321 g/mol. The number of benzene rings is 1. The van der Waals surface area contributed by atoms with E-state index in [4.69, 9.17) is 23.8 Å². The number of thiocarbonyl (C=S) groups is 1. The molecule has 0 saturated heterocycles. The molecular weight excluding hydrogens is 303 g/mol. The predicted octanol–water partition coefficient (Wildman–Crippen LogP) is 4.30. The van der Waals surface area contributed by atoms with E-state index in [0.717, 1.165) is 12.3 Å². The van der Waals surface area contributed by atoms with E-state index in [2.05, 4.69) is 31.4 Å². The molecule has 0 aromatic heterocycles. The van der Waals surface area contributed by atoms with Crippen LogP contribution in [-0.2, 0) is 0 Å². The number of thioether (sulfide) groups is 1. The van der Waals surface area contributed by atoms with Crippen molar-refractivity contribution in [2.24, 2.45) is 0 Å². The van der Waals surface area contributed by atoms with Crippen LogP contribution in [-0.4, -0.2) is 22.2 Å². The van der Waals surface area contributed by atoms with Gasteiger partial charge in [0.2, 0.25) is 0 Å². The third kappa shape index (κ3) is 6.99. The molecule has 0 bridgehead atoms. The van der Waals surface area contributed by atoms with Crippen LogP contribution in [0.15, 0.2) is 18.2 Å². The Morgan fingerprint density at radius 2 is 2.11 bits per heavy atom. The Balaban J connectivity index is 2.33. The van der Waals surface area contributed by atoms with E-state index in [9.17, 15) is 4.39 Å². The van der Waals surface area contributed by atoms with Crippen LogP contribution >= 0.6 is 35.6 Å². The minimum absolute atomic E-state index is 0.0797. The highest BCUT2D eigenvalue weighted by Crippen LogP contribution is 2.22. The van der Waals surface area contributed by atoms with E-state index in [0.29, 0.717) is 10.8 Å². The molecule has 106 valence electrons. The maximum atomic E-state index is 13.0. The molecule has 19 heavy (non-hydrogen) atoms. The molecule has 0 radical (unpaired) electrons. The van der Waals surface area contributed by atoms with Crippen LogP contribution in [0, 0.1) is 5.82 Å². The second-order valence-electron chi connectivity index (χ2n) is 4.97. The Bertz CT molecular complexity index is 447. The van der Waals surface area contributed by atoms with Gasteiger partial charge < -0.3 is 10.6 Å². The Morgan fingerprint density at radius 1 is 1.42 bits per heavy atom. The van der Waals surface area contributed by atoms with Crippen molar-refractivity contribution >= 4 is 46.4 Å². The standard InChI is InChI=1S/C13H18ClFN2S2/c1-13(2,3)19-7-6-16-12(18)17-9-4-5-11(15)10(14)8-9/h4-5,8H,6-7H2,1-3H3,(H2,16,17,18). The minimum Gasteiger partial charge on any atom is -0.362 e. The first kappa shape index (κ1) is 16.5. The summed E-state index contributed by atoms with van der Waals surface area (Å²) in [6.07, 6.45) is 0. The lowest BCUT2D eigenvalue weighted by Gasteiger charge is -2.18. The molecule has 0 saturated carbocycles. The van der Waals surface area contributed by atoms with Crippen molar-refractivity contribution in [2.75, 3.05) is 17.6 Å². The second kappa shape index (κ2) is 7.31. The molecule has 1 aromatic rings. The smallest absolute Gasteiger partial charge is 0.170 e. The molecule has 1 aromatic carbocycles. The zero-order valence-electron chi connectivity index (χ0n) is 11.2. The van der Waals surface area contributed by atoms with Crippen LogP contribution in [0.5, 0.6) is 0 Å². The summed E-state index contributed by atoms with van der Waals surface area (Å²) in [5.41, 5.74) is 0.673. The molecule has 2 N–H and O–H groups in total. The van der Waals surface area contributed by atoms with Crippen molar-refractivity contribution in [1.82, 2.24) is 5.32 Å². The Hall–Kier alpha value is -0.520. The highest BCUT2D eigenvalue weighted by molar-refractivity contribution is 8.00. The maximum absolute atomic E-state index is 13.0. The van der Waals surface area contributed by atoms with Crippen molar-refractivity contribution in [3.63, 3.8) is 0 Å². The van der Waals surface area contributed by atoms with Gasteiger partial charge in [0.25, 0.3) is 0 Å². The van der Waals surface area contributed by atoms with Crippen LogP contribution in [0.3, 0.4) is 0 Å². The second-order valence-corrected chi connectivity index (χ2v) is 7.71. The summed E-state index contributed by atoms with van der Waals surface area (Å²) in [5.74, 6) is 0.530. The van der Waals surface area contributed by atoms with Gasteiger partial charge in [-0.05, 0) is 30.4 Å². The molecule has 0 amide bonds. The van der Waals surface area contributed by atoms with Gasteiger partial charge in [-0.1, -0.05) is 32.4 Å². The average Bonchev–Trinajstić information content (AvgIpc) is 2.28. The lowest BCUT2D eigenvalue weighted by molar-refractivity contribution is 0.628. The molecule has 0 fully saturated rings. The summed E-state index contributed by atoms with van der Waals surface area (Å²) in [7, 11) is 0. The van der Waals surface area contributed by atoms with Crippen LogP contribution in [0.1, 0.15) is 20.8 Å². The number of rotatable bonds is 4. The molecule has 1 rings (SSSR count). The molecule has 0 spiro atoms. The zero-order chi connectivity index (χ0) is 14.5. The summed E-state index contributed by atoms with van der Waals surface area (Å²) in [6, 6.07) is 4.41. The van der Waals surface area contributed by atoms with E-state index in [-0.39, 0.29) is 9.77 Å². The Kier molecular flexibility index (Phi) is 6.36. The fourth-order valence-electron chi connectivity index (χ4n) is 1.27. The summed E-state index contributed by atoms with van der Waals surface area (Å²) in [5, 5.41) is 6.66. The lowest BCUT2D eigenvalue weighted by atomic mass is 10.3. The van der Waals surface area contributed by atoms with E-state index < -0.39 is 5.82 Å². The van der Waals surface area contributed by atoms with Gasteiger partial charge >= 0.3 is 0 Å². The number of nitrogens with one attached hydrogen (secondary N) is 2. The summed E-state index contributed by atoms with van der Waals surface area (Å²) < 4.78 is 13.2. The summed E-state index contributed by atoms with van der Waals surface area (Å²) >= 11 is 12.7. The van der Waals surface area contributed by atoms with Gasteiger partial charge in [-0.3, -0.25) is 0 Å². The third-order valence-corrected chi connectivity index (χ3v) is 3.91. The van der Waals surface area contributed by atoms with Crippen molar-refractivity contribution in [2.45, 2.75) is 25.5 Å². The molecular formula is C13H18ClFN2S2. The molecule has 2 nitrogen and oxygen atoms in total. The summed E-state index contributed by atoms with van der Waals surface area (Å²) in [4.78, 5) is 0.